The molecule has 0 bridgehead atoms. The molecule has 1 aromatic carbocycles. The maximum Gasteiger partial charge on any atom is 0.340 e. The molecule has 0 saturated carbocycles. The van der Waals surface area contributed by atoms with Gasteiger partial charge >= 0.3 is 5.97 Å². The number of nitrogens with two attached hydrogens (primary N) is 1. The predicted octanol–water partition coefficient (Wildman–Crippen LogP) is 1.02. The van der Waals surface area contributed by atoms with Crippen molar-refractivity contribution < 1.29 is 14.6 Å². The van der Waals surface area contributed by atoms with Gasteiger partial charge in [0.15, 0.2) is 0 Å². The zero-order chi connectivity index (χ0) is 13.1. The number of carbonyl (C=O) groups excluding carboxylic acids is 1. The molecule has 1 unspecified atom stereocenters. The largest absolute Gasteiger partial charge is 0.465 e. The molecule has 0 aliphatic carbocycles. The zero-order valence-electron chi connectivity index (χ0n) is 10.4. The lowest BCUT2D eigenvalue weighted by Crippen LogP contribution is -2.39. The van der Waals surface area contributed by atoms with Crippen LogP contribution in [0, 0.1) is 0 Å². The minimum atomic E-state index is -0.405. The van der Waals surface area contributed by atoms with Crippen molar-refractivity contribution in [2.24, 2.45) is 0 Å². The first-order valence-electron chi connectivity index (χ1n) is 6.03. The lowest BCUT2D eigenvalue weighted by Gasteiger charge is -2.33. The number of nitrogen functional groups attached to an aromatic ring is 1. The Labute approximate surface area is 106 Å². The fraction of sp³-hybridized carbons (Fsp3) is 0.462. The monoisotopic (exact) mass is 250 g/mol. The summed E-state index contributed by atoms with van der Waals surface area (Å²) < 4.78 is 4.77. The maximum absolute atomic E-state index is 11.7. The van der Waals surface area contributed by atoms with Crippen LogP contribution in [0.1, 0.15) is 23.2 Å². The van der Waals surface area contributed by atoms with E-state index >= 15 is 0 Å². The summed E-state index contributed by atoms with van der Waals surface area (Å²) in [5.74, 6) is -0.405. The normalized spacial score (nSPS) is 19.7. The van der Waals surface area contributed by atoms with E-state index in [0.717, 1.165) is 19.4 Å². The van der Waals surface area contributed by atoms with Crippen molar-refractivity contribution in [2.45, 2.75) is 18.9 Å². The molecular formula is C13H18N2O3. The van der Waals surface area contributed by atoms with Gasteiger partial charge in [-0.2, -0.15) is 0 Å². The fourth-order valence-electron chi connectivity index (χ4n) is 2.35. The van der Waals surface area contributed by atoms with Crippen molar-refractivity contribution in [3.63, 3.8) is 0 Å². The second-order valence-electron chi connectivity index (χ2n) is 4.48. The van der Waals surface area contributed by atoms with Gasteiger partial charge in [-0.3, -0.25) is 0 Å². The summed E-state index contributed by atoms with van der Waals surface area (Å²) in [6.07, 6.45) is 1.30. The van der Waals surface area contributed by atoms with Crippen LogP contribution in [0.15, 0.2) is 18.2 Å². The summed E-state index contributed by atoms with van der Waals surface area (Å²) in [4.78, 5) is 13.7. The van der Waals surface area contributed by atoms with Crippen LogP contribution in [-0.4, -0.2) is 37.4 Å². The minimum absolute atomic E-state index is 0.371. The molecular weight excluding hydrogens is 232 g/mol. The molecule has 3 N–H and O–H groups in total. The zero-order valence-corrected chi connectivity index (χ0v) is 10.4. The molecule has 1 heterocycles. The van der Waals surface area contributed by atoms with E-state index in [1.165, 1.54) is 7.11 Å². The van der Waals surface area contributed by atoms with Gasteiger partial charge in [-0.15, -0.1) is 0 Å². The highest BCUT2D eigenvalue weighted by atomic mass is 16.5. The first-order chi connectivity index (χ1) is 8.63. The molecule has 2 rings (SSSR count). The lowest BCUT2D eigenvalue weighted by atomic mass is 10.0. The SMILES string of the molecule is COC(=O)c1cccc(N)c1N1CCCC(O)C1. The van der Waals surface area contributed by atoms with Crippen LogP contribution in [0.3, 0.4) is 0 Å². The number of benzene rings is 1. The van der Waals surface area contributed by atoms with Crippen LogP contribution in [0.5, 0.6) is 0 Å². The Morgan fingerprint density at radius 3 is 3.00 bits per heavy atom. The second kappa shape index (κ2) is 5.27. The van der Waals surface area contributed by atoms with E-state index < -0.39 is 5.97 Å². The minimum Gasteiger partial charge on any atom is -0.465 e. The number of piperidine rings is 1. The van der Waals surface area contributed by atoms with Gasteiger partial charge in [0.2, 0.25) is 0 Å². The third-order valence-corrected chi connectivity index (χ3v) is 3.19. The number of aliphatic hydroxyl groups excluding tert-OH is 1. The van der Waals surface area contributed by atoms with E-state index in [1.807, 2.05) is 4.90 Å². The van der Waals surface area contributed by atoms with Crippen LogP contribution >= 0.6 is 0 Å². The smallest absolute Gasteiger partial charge is 0.340 e. The van der Waals surface area contributed by atoms with Crippen LogP contribution in [0.4, 0.5) is 11.4 Å². The maximum atomic E-state index is 11.7. The highest BCUT2D eigenvalue weighted by Crippen LogP contribution is 2.30. The number of anilines is 2. The van der Waals surface area contributed by atoms with Gasteiger partial charge < -0.3 is 20.5 Å². The lowest BCUT2D eigenvalue weighted by molar-refractivity contribution is 0.0601. The number of esters is 1. The van der Waals surface area contributed by atoms with Gasteiger partial charge in [0, 0.05) is 13.1 Å². The van der Waals surface area contributed by atoms with Crippen molar-refractivity contribution in [1.82, 2.24) is 0 Å². The van der Waals surface area contributed by atoms with E-state index in [9.17, 15) is 9.90 Å². The number of hydrogen-bond acceptors (Lipinski definition) is 5. The summed E-state index contributed by atoms with van der Waals surface area (Å²) in [6.45, 7) is 1.29. The van der Waals surface area contributed by atoms with Crippen LogP contribution in [0.2, 0.25) is 0 Å². The predicted molar refractivity (Wildman–Crippen MR) is 69.6 cm³/mol. The van der Waals surface area contributed by atoms with E-state index in [0.29, 0.717) is 23.5 Å². The number of aliphatic hydroxyl groups is 1. The molecule has 98 valence electrons. The van der Waals surface area contributed by atoms with Gasteiger partial charge in [-0.05, 0) is 25.0 Å². The van der Waals surface area contributed by atoms with Crippen molar-refractivity contribution >= 4 is 17.3 Å². The summed E-state index contributed by atoms with van der Waals surface area (Å²) in [5, 5.41) is 9.72. The molecule has 0 amide bonds. The van der Waals surface area contributed by atoms with Crippen molar-refractivity contribution in [3.05, 3.63) is 23.8 Å². The molecule has 1 saturated heterocycles. The Morgan fingerprint density at radius 2 is 2.33 bits per heavy atom. The number of ether oxygens (including phenoxy) is 1. The number of carbonyl (C=O) groups is 1. The molecule has 5 nitrogen and oxygen atoms in total. The summed E-state index contributed by atoms with van der Waals surface area (Å²) >= 11 is 0. The number of methoxy groups -OCH3 is 1. The number of nitrogens with zero attached hydrogens (tertiary/aromatic N) is 1. The molecule has 18 heavy (non-hydrogen) atoms. The molecule has 1 aliphatic heterocycles. The Bertz CT molecular complexity index is 448. The first-order valence-corrected chi connectivity index (χ1v) is 6.03. The molecule has 5 heteroatoms. The van der Waals surface area contributed by atoms with Crippen molar-refractivity contribution in [3.8, 4) is 0 Å². The van der Waals surface area contributed by atoms with Crippen LogP contribution < -0.4 is 10.6 Å². The molecule has 0 spiro atoms. The summed E-state index contributed by atoms with van der Waals surface area (Å²) in [6, 6.07) is 5.17. The topological polar surface area (TPSA) is 75.8 Å². The first kappa shape index (κ1) is 12.7. The average Bonchev–Trinajstić information content (AvgIpc) is 2.37. The van der Waals surface area contributed by atoms with E-state index in [-0.39, 0.29) is 6.10 Å². The second-order valence-corrected chi connectivity index (χ2v) is 4.48. The number of β-amino-alcohol motifs (C(OH)–C–C–N with tert-alkyl or cyclic N) is 1. The van der Waals surface area contributed by atoms with Crippen molar-refractivity contribution in [2.75, 3.05) is 30.8 Å². The Kier molecular flexibility index (Phi) is 3.72. The molecule has 1 aliphatic rings. The number of rotatable bonds is 2. The van der Waals surface area contributed by atoms with Crippen LogP contribution in [-0.2, 0) is 4.74 Å². The van der Waals surface area contributed by atoms with Gasteiger partial charge in [0.05, 0.1) is 30.2 Å². The summed E-state index contributed by atoms with van der Waals surface area (Å²) in [5.41, 5.74) is 7.61. The van der Waals surface area contributed by atoms with Crippen molar-refractivity contribution in [1.29, 1.82) is 0 Å². The third-order valence-electron chi connectivity index (χ3n) is 3.19. The van der Waals surface area contributed by atoms with E-state index in [4.69, 9.17) is 10.5 Å². The molecule has 1 atom stereocenters. The third kappa shape index (κ3) is 2.41. The van der Waals surface area contributed by atoms with Crippen LogP contribution in [0.25, 0.3) is 0 Å². The average molecular weight is 250 g/mol. The molecule has 0 aromatic heterocycles. The molecule has 1 aromatic rings. The standard InChI is InChI=1S/C13H18N2O3/c1-18-13(17)10-5-2-6-11(14)12(10)15-7-3-4-9(16)8-15/h2,5-6,9,16H,3-4,7-8,14H2,1H3. The van der Waals surface area contributed by atoms with E-state index in [1.54, 1.807) is 18.2 Å². The van der Waals surface area contributed by atoms with E-state index in [2.05, 4.69) is 0 Å². The fourth-order valence-corrected chi connectivity index (χ4v) is 2.35. The molecule has 1 fully saturated rings. The highest BCUT2D eigenvalue weighted by molar-refractivity contribution is 5.99. The molecule has 0 radical (unpaired) electrons. The van der Waals surface area contributed by atoms with Gasteiger partial charge in [0.1, 0.15) is 0 Å². The highest BCUT2D eigenvalue weighted by Gasteiger charge is 2.24. The summed E-state index contributed by atoms with van der Waals surface area (Å²) in [7, 11) is 1.35. The Morgan fingerprint density at radius 1 is 1.56 bits per heavy atom. The number of hydrogen-bond donors (Lipinski definition) is 2. The van der Waals surface area contributed by atoms with Gasteiger partial charge in [0.25, 0.3) is 0 Å². The Hall–Kier alpha value is -1.75. The quantitative estimate of drug-likeness (QED) is 0.605. The van der Waals surface area contributed by atoms with Gasteiger partial charge in [-0.1, -0.05) is 6.07 Å². The number of para-hydroxylation sites is 1. The Balaban J connectivity index is 2.38. The van der Waals surface area contributed by atoms with Gasteiger partial charge in [-0.25, -0.2) is 4.79 Å².